The van der Waals surface area contributed by atoms with Crippen LogP contribution in [0.5, 0.6) is 0 Å². The van der Waals surface area contributed by atoms with E-state index in [0.29, 0.717) is 12.3 Å². The fourth-order valence-corrected chi connectivity index (χ4v) is 2.85. The fourth-order valence-electron chi connectivity index (χ4n) is 2.85. The number of hydrogen-bond donors (Lipinski definition) is 2. The summed E-state index contributed by atoms with van der Waals surface area (Å²) in [4.78, 5) is 18.5. The maximum Gasteiger partial charge on any atom is 0.222 e. The summed E-state index contributed by atoms with van der Waals surface area (Å²) in [5, 5.41) is 13.5. The summed E-state index contributed by atoms with van der Waals surface area (Å²) >= 11 is 0. The van der Waals surface area contributed by atoms with Gasteiger partial charge < -0.3 is 4.90 Å². The average molecular weight is 288 g/mol. The summed E-state index contributed by atoms with van der Waals surface area (Å²) in [6.45, 7) is 1.61. The normalized spacial score (nSPS) is 18.9. The lowest BCUT2D eigenvalue weighted by Gasteiger charge is -2.31. The molecule has 2 aromatic rings. The van der Waals surface area contributed by atoms with E-state index in [2.05, 4.69) is 25.4 Å². The Balaban J connectivity index is 1.48. The van der Waals surface area contributed by atoms with Crippen molar-refractivity contribution >= 4 is 5.91 Å². The molecule has 7 heteroatoms. The van der Waals surface area contributed by atoms with E-state index >= 15 is 0 Å². The highest BCUT2D eigenvalue weighted by Crippen LogP contribution is 2.24. The summed E-state index contributed by atoms with van der Waals surface area (Å²) in [6.07, 6.45) is 9.65. The SMILES string of the molecule is O=C(CCCc1cn[nH]c1)N1CCCC(c2ncn[nH]2)C1. The maximum atomic E-state index is 12.3. The first-order valence-corrected chi connectivity index (χ1v) is 7.43. The van der Waals surface area contributed by atoms with Crippen LogP contribution < -0.4 is 0 Å². The number of likely N-dealkylation sites (tertiary alicyclic amines) is 1. The van der Waals surface area contributed by atoms with Crippen molar-refractivity contribution in [2.24, 2.45) is 0 Å². The highest BCUT2D eigenvalue weighted by atomic mass is 16.2. The van der Waals surface area contributed by atoms with Crippen LogP contribution in [0.3, 0.4) is 0 Å². The van der Waals surface area contributed by atoms with Crippen LogP contribution in [-0.2, 0) is 11.2 Å². The topological polar surface area (TPSA) is 90.6 Å². The zero-order valence-corrected chi connectivity index (χ0v) is 12.0. The minimum absolute atomic E-state index is 0.239. The Kier molecular flexibility index (Phi) is 4.28. The number of piperidine rings is 1. The van der Waals surface area contributed by atoms with Gasteiger partial charge in [0.2, 0.25) is 5.91 Å². The molecule has 1 saturated heterocycles. The van der Waals surface area contributed by atoms with Gasteiger partial charge in [-0.3, -0.25) is 15.0 Å². The number of carbonyl (C=O) groups excluding carboxylic acids is 1. The fraction of sp³-hybridized carbons (Fsp3) is 0.571. The van der Waals surface area contributed by atoms with Crippen molar-refractivity contribution in [2.45, 2.75) is 38.0 Å². The smallest absolute Gasteiger partial charge is 0.222 e. The number of nitrogens with zero attached hydrogens (tertiary/aromatic N) is 4. The second kappa shape index (κ2) is 6.51. The number of hydrogen-bond acceptors (Lipinski definition) is 4. The van der Waals surface area contributed by atoms with Crippen molar-refractivity contribution in [3.05, 3.63) is 30.1 Å². The van der Waals surface area contributed by atoms with Gasteiger partial charge in [-0.25, -0.2) is 4.98 Å². The molecule has 1 unspecified atom stereocenters. The second-order valence-electron chi connectivity index (χ2n) is 5.51. The van der Waals surface area contributed by atoms with Gasteiger partial charge >= 0.3 is 0 Å². The Bertz CT molecular complexity index is 550. The molecule has 1 atom stereocenters. The minimum Gasteiger partial charge on any atom is -0.342 e. The van der Waals surface area contributed by atoms with E-state index < -0.39 is 0 Å². The lowest BCUT2D eigenvalue weighted by atomic mass is 9.97. The van der Waals surface area contributed by atoms with Gasteiger partial charge in [0.15, 0.2) is 0 Å². The van der Waals surface area contributed by atoms with E-state index in [9.17, 15) is 4.79 Å². The van der Waals surface area contributed by atoms with Crippen LogP contribution in [0.15, 0.2) is 18.7 Å². The van der Waals surface area contributed by atoms with Gasteiger partial charge in [-0.1, -0.05) is 0 Å². The van der Waals surface area contributed by atoms with Crippen LogP contribution in [0.25, 0.3) is 0 Å². The number of H-pyrrole nitrogens is 2. The van der Waals surface area contributed by atoms with Gasteiger partial charge in [-0.15, -0.1) is 0 Å². The number of aromatic amines is 2. The molecule has 21 heavy (non-hydrogen) atoms. The van der Waals surface area contributed by atoms with Crippen molar-refractivity contribution in [2.75, 3.05) is 13.1 Å². The molecule has 2 N–H and O–H groups in total. The number of nitrogens with one attached hydrogen (secondary N) is 2. The number of aryl methyl sites for hydroxylation is 1. The maximum absolute atomic E-state index is 12.3. The molecule has 2 aromatic heterocycles. The van der Waals surface area contributed by atoms with Gasteiger partial charge in [0.1, 0.15) is 12.2 Å². The molecule has 1 amide bonds. The first-order valence-electron chi connectivity index (χ1n) is 7.43. The van der Waals surface area contributed by atoms with Crippen LogP contribution in [0, 0.1) is 0 Å². The van der Waals surface area contributed by atoms with E-state index in [1.54, 1.807) is 0 Å². The van der Waals surface area contributed by atoms with Crippen molar-refractivity contribution in [3.63, 3.8) is 0 Å². The zero-order chi connectivity index (χ0) is 14.5. The lowest BCUT2D eigenvalue weighted by molar-refractivity contribution is -0.132. The molecule has 0 aromatic carbocycles. The van der Waals surface area contributed by atoms with E-state index in [4.69, 9.17) is 0 Å². The Morgan fingerprint density at radius 1 is 1.43 bits per heavy atom. The number of aromatic nitrogens is 5. The van der Waals surface area contributed by atoms with Crippen LogP contribution in [0.2, 0.25) is 0 Å². The summed E-state index contributed by atoms with van der Waals surface area (Å²) in [5.41, 5.74) is 1.15. The molecule has 3 rings (SSSR count). The van der Waals surface area contributed by atoms with Crippen molar-refractivity contribution in [3.8, 4) is 0 Å². The van der Waals surface area contributed by atoms with Crippen LogP contribution in [0.1, 0.15) is 43.0 Å². The van der Waals surface area contributed by atoms with Crippen molar-refractivity contribution < 1.29 is 4.79 Å². The predicted molar refractivity (Wildman–Crippen MR) is 76.5 cm³/mol. The highest BCUT2D eigenvalue weighted by Gasteiger charge is 2.25. The third kappa shape index (κ3) is 3.48. The predicted octanol–water partition coefficient (Wildman–Crippen LogP) is 1.26. The van der Waals surface area contributed by atoms with Crippen LogP contribution in [-0.4, -0.2) is 49.3 Å². The average Bonchev–Trinajstić information content (AvgIpc) is 3.21. The number of carbonyl (C=O) groups is 1. The Morgan fingerprint density at radius 2 is 2.38 bits per heavy atom. The molecule has 0 saturated carbocycles. The second-order valence-corrected chi connectivity index (χ2v) is 5.51. The van der Waals surface area contributed by atoms with E-state index in [-0.39, 0.29) is 5.91 Å². The molecule has 1 fully saturated rings. The summed E-state index contributed by atoms with van der Waals surface area (Å²) in [6, 6.07) is 0. The summed E-state index contributed by atoms with van der Waals surface area (Å²) < 4.78 is 0. The molecule has 0 radical (unpaired) electrons. The first-order chi connectivity index (χ1) is 10.3. The van der Waals surface area contributed by atoms with Gasteiger partial charge in [0.05, 0.1) is 6.20 Å². The standard InChI is InChI=1S/C14H20N6O/c21-13(5-1-3-11-7-16-17-8-11)20-6-2-4-12(9-20)14-15-10-18-19-14/h7-8,10,12H,1-6,9H2,(H,16,17)(H,15,18,19). The quantitative estimate of drug-likeness (QED) is 0.866. The summed E-state index contributed by atoms with van der Waals surface area (Å²) in [7, 11) is 0. The Hall–Kier alpha value is -2.18. The molecule has 3 heterocycles. The van der Waals surface area contributed by atoms with Gasteiger partial charge in [0, 0.05) is 31.6 Å². The van der Waals surface area contributed by atoms with Crippen LogP contribution >= 0.6 is 0 Å². The van der Waals surface area contributed by atoms with Crippen molar-refractivity contribution in [1.29, 1.82) is 0 Å². The largest absolute Gasteiger partial charge is 0.342 e. The zero-order valence-electron chi connectivity index (χ0n) is 12.0. The molecule has 0 bridgehead atoms. The Morgan fingerprint density at radius 3 is 3.14 bits per heavy atom. The summed E-state index contributed by atoms with van der Waals surface area (Å²) in [5.74, 6) is 1.42. The van der Waals surface area contributed by atoms with Gasteiger partial charge in [-0.05, 0) is 31.2 Å². The Labute approximate surface area is 123 Å². The molecule has 0 aliphatic carbocycles. The minimum atomic E-state index is 0.239. The molecule has 0 spiro atoms. The van der Waals surface area contributed by atoms with Gasteiger partial charge in [-0.2, -0.15) is 10.2 Å². The van der Waals surface area contributed by atoms with E-state index in [0.717, 1.165) is 50.2 Å². The number of amides is 1. The van der Waals surface area contributed by atoms with Crippen LogP contribution in [0.4, 0.5) is 0 Å². The molecular weight excluding hydrogens is 268 g/mol. The molecule has 112 valence electrons. The van der Waals surface area contributed by atoms with Crippen molar-refractivity contribution in [1.82, 2.24) is 30.3 Å². The van der Waals surface area contributed by atoms with E-state index in [1.165, 1.54) is 6.33 Å². The van der Waals surface area contributed by atoms with Gasteiger partial charge in [0.25, 0.3) is 0 Å². The third-order valence-electron chi connectivity index (χ3n) is 4.01. The number of rotatable bonds is 5. The third-order valence-corrected chi connectivity index (χ3v) is 4.01. The molecule has 1 aliphatic heterocycles. The first kappa shape index (κ1) is 13.8. The highest BCUT2D eigenvalue weighted by molar-refractivity contribution is 5.76. The molecular formula is C14H20N6O. The molecule has 1 aliphatic rings. The van der Waals surface area contributed by atoms with E-state index in [1.807, 2.05) is 17.3 Å². The molecule has 7 nitrogen and oxygen atoms in total. The monoisotopic (exact) mass is 288 g/mol. The lowest BCUT2D eigenvalue weighted by Crippen LogP contribution is -2.39.